The van der Waals surface area contributed by atoms with Crippen molar-refractivity contribution in [3.8, 4) is 5.75 Å². The molecule has 1 aromatic carbocycles. The smallest absolute Gasteiger partial charge is 0.115 e. The van der Waals surface area contributed by atoms with Gasteiger partial charge in [0.2, 0.25) is 0 Å². The minimum atomic E-state index is 0.183. The number of benzene rings is 1. The molecular formula is C15H20BrNO3. The predicted octanol–water partition coefficient (Wildman–Crippen LogP) is 2.53. The van der Waals surface area contributed by atoms with E-state index in [9.17, 15) is 5.11 Å². The van der Waals surface area contributed by atoms with Gasteiger partial charge in [0, 0.05) is 30.7 Å². The van der Waals surface area contributed by atoms with E-state index in [0.717, 1.165) is 55.7 Å². The van der Waals surface area contributed by atoms with Crippen LogP contribution in [0.3, 0.4) is 0 Å². The number of morpholine rings is 1. The van der Waals surface area contributed by atoms with Gasteiger partial charge in [-0.1, -0.05) is 15.9 Å². The van der Waals surface area contributed by atoms with Crippen LogP contribution in [0.4, 0.5) is 0 Å². The van der Waals surface area contributed by atoms with Crippen LogP contribution in [-0.2, 0) is 16.0 Å². The average molecular weight is 342 g/mol. The zero-order chi connectivity index (χ0) is 13.9. The molecule has 0 saturated carbocycles. The molecule has 0 aromatic heterocycles. The van der Waals surface area contributed by atoms with Crippen LogP contribution in [0, 0.1) is 0 Å². The summed E-state index contributed by atoms with van der Waals surface area (Å²) in [4.78, 5) is 2.37. The van der Waals surface area contributed by atoms with Gasteiger partial charge in [-0.05, 0) is 36.6 Å². The quantitative estimate of drug-likeness (QED) is 0.917. The predicted molar refractivity (Wildman–Crippen MR) is 79.8 cm³/mol. The lowest BCUT2D eigenvalue weighted by atomic mass is 10.1. The van der Waals surface area contributed by atoms with Gasteiger partial charge in [-0.3, -0.25) is 4.90 Å². The molecule has 2 heterocycles. The van der Waals surface area contributed by atoms with E-state index in [4.69, 9.17) is 9.47 Å². The van der Waals surface area contributed by atoms with Crippen molar-refractivity contribution in [3.05, 3.63) is 28.2 Å². The molecule has 0 radical (unpaired) electrons. The molecular weight excluding hydrogens is 322 g/mol. The second kappa shape index (κ2) is 6.43. The van der Waals surface area contributed by atoms with E-state index in [1.54, 1.807) is 6.07 Å². The summed E-state index contributed by atoms with van der Waals surface area (Å²) in [6.45, 7) is 4.25. The van der Waals surface area contributed by atoms with Crippen LogP contribution in [0.2, 0.25) is 0 Å². The molecule has 2 unspecified atom stereocenters. The molecule has 2 aliphatic rings. The van der Waals surface area contributed by atoms with Crippen molar-refractivity contribution in [3.63, 3.8) is 0 Å². The maximum atomic E-state index is 9.61. The molecule has 0 aliphatic carbocycles. The Morgan fingerprint density at radius 1 is 1.25 bits per heavy atom. The van der Waals surface area contributed by atoms with E-state index < -0.39 is 0 Å². The lowest BCUT2D eigenvalue weighted by molar-refractivity contribution is -0.0960. The van der Waals surface area contributed by atoms with E-state index in [-0.39, 0.29) is 12.2 Å². The van der Waals surface area contributed by atoms with Crippen LogP contribution < -0.4 is 0 Å². The highest BCUT2D eigenvalue weighted by Gasteiger charge is 2.31. The first-order chi connectivity index (χ1) is 9.72. The first-order valence-corrected chi connectivity index (χ1v) is 7.94. The van der Waals surface area contributed by atoms with Gasteiger partial charge in [0.05, 0.1) is 18.8 Å². The third kappa shape index (κ3) is 3.34. The van der Waals surface area contributed by atoms with Crippen molar-refractivity contribution in [1.82, 2.24) is 4.90 Å². The molecule has 110 valence electrons. The molecule has 2 aliphatic heterocycles. The Labute approximate surface area is 127 Å². The number of rotatable bonds is 3. The van der Waals surface area contributed by atoms with Crippen molar-refractivity contribution >= 4 is 15.9 Å². The third-order valence-electron chi connectivity index (χ3n) is 3.98. The van der Waals surface area contributed by atoms with Gasteiger partial charge in [0.15, 0.2) is 0 Å². The van der Waals surface area contributed by atoms with Gasteiger partial charge in [0.1, 0.15) is 5.75 Å². The zero-order valence-corrected chi connectivity index (χ0v) is 13.0. The van der Waals surface area contributed by atoms with Crippen molar-refractivity contribution in [2.75, 3.05) is 26.3 Å². The van der Waals surface area contributed by atoms with Crippen molar-refractivity contribution in [2.24, 2.45) is 0 Å². The molecule has 3 rings (SSSR count). The number of aromatic hydroxyl groups is 1. The molecule has 0 bridgehead atoms. The number of halogens is 1. The molecule has 2 saturated heterocycles. The first-order valence-electron chi connectivity index (χ1n) is 7.15. The molecule has 0 amide bonds. The fraction of sp³-hybridized carbons (Fsp3) is 0.600. The monoisotopic (exact) mass is 341 g/mol. The Bertz CT molecular complexity index is 462. The molecule has 0 spiro atoms. The van der Waals surface area contributed by atoms with Crippen LogP contribution >= 0.6 is 15.9 Å². The number of ether oxygens (including phenoxy) is 2. The number of phenolic OH excluding ortho intramolecular Hbond substituents is 1. The van der Waals surface area contributed by atoms with Crippen molar-refractivity contribution < 1.29 is 14.6 Å². The van der Waals surface area contributed by atoms with Gasteiger partial charge in [-0.2, -0.15) is 0 Å². The number of nitrogens with zero attached hydrogens (tertiary/aromatic N) is 1. The third-order valence-corrected chi connectivity index (χ3v) is 4.75. The van der Waals surface area contributed by atoms with Crippen LogP contribution in [0.5, 0.6) is 5.75 Å². The summed E-state index contributed by atoms with van der Waals surface area (Å²) in [6.07, 6.45) is 2.68. The van der Waals surface area contributed by atoms with E-state index in [1.165, 1.54) is 0 Å². The first kappa shape index (κ1) is 14.3. The summed E-state index contributed by atoms with van der Waals surface area (Å²) in [6, 6.07) is 5.41. The molecule has 2 atom stereocenters. The highest BCUT2D eigenvalue weighted by atomic mass is 79.9. The average Bonchev–Trinajstić information content (AvgIpc) is 2.97. The second-order valence-electron chi connectivity index (χ2n) is 5.47. The number of phenols is 1. The fourth-order valence-electron chi connectivity index (χ4n) is 2.92. The van der Waals surface area contributed by atoms with Crippen LogP contribution in [0.25, 0.3) is 0 Å². The SMILES string of the molecule is Oc1ccc(Br)c(CN2CCOC(C3CCCO3)C2)c1. The van der Waals surface area contributed by atoms with Gasteiger partial charge < -0.3 is 14.6 Å². The van der Waals surface area contributed by atoms with Crippen molar-refractivity contribution in [2.45, 2.75) is 31.6 Å². The maximum Gasteiger partial charge on any atom is 0.115 e. The van der Waals surface area contributed by atoms with E-state index in [1.807, 2.05) is 12.1 Å². The largest absolute Gasteiger partial charge is 0.508 e. The van der Waals surface area contributed by atoms with Gasteiger partial charge in [-0.15, -0.1) is 0 Å². The van der Waals surface area contributed by atoms with Gasteiger partial charge in [0.25, 0.3) is 0 Å². The fourth-order valence-corrected chi connectivity index (χ4v) is 3.29. The number of hydrogen-bond donors (Lipinski definition) is 1. The molecule has 5 heteroatoms. The molecule has 20 heavy (non-hydrogen) atoms. The molecule has 1 aromatic rings. The highest BCUT2D eigenvalue weighted by molar-refractivity contribution is 9.10. The van der Waals surface area contributed by atoms with Crippen LogP contribution in [0.1, 0.15) is 18.4 Å². The van der Waals surface area contributed by atoms with E-state index >= 15 is 0 Å². The standard InChI is InChI=1S/C15H20BrNO3/c16-13-4-3-12(18)8-11(13)9-17-5-7-20-15(10-17)14-2-1-6-19-14/h3-4,8,14-15,18H,1-2,5-7,9-10H2. The molecule has 2 fully saturated rings. The van der Waals surface area contributed by atoms with Gasteiger partial charge >= 0.3 is 0 Å². The minimum Gasteiger partial charge on any atom is -0.508 e. The second-order valence-corrected chi connectivity index (χ2v) is 6.33. The Balaban J connectivity index is 1.63. The Kier molecular flexibility index (Phi) is 4.61. The van der Waals surface area contributed by atoms with Gasteiger partial charge in [-0.25, -0.2) is 0 Å². The Morgan fingerprint density at radius 2 is 2.10 bits per heavy atom. The summed E-state index contributed by atoms with van der Waals surface area (Å²) in [7, 11) is 0. The minimum absolute atomic E-state index is 0.183. The normalized spacial score (nSPS) is 27.9. The van der Waals surface area contributed by atoms with Crippen LogP contribution in [0.15, 0.2) is 22.7 Å². The topological polar surface area (TPSA) is 41.9 Å². The summed E-state index contributed by atoms with van der Waals surface area (Å²) < 4.78 is 12.6. The van der Waals surface area contributed by atoms with E-state index in [2.05, 4.69) is 20.8 Å². The summed E-state index contributed by atoms with van der Waals surface area (Å²) >= 11 is 3.54. The molecule has 1 N–H and O–H groups in total. The van der Waals surface area contributed by atoms with Crippen molar-refractivity contribution in [1.29, 1.82) is 0 Å². The lowest BCUT2D eigenvalue weighted by Crippen LogP contribution is -2.47. The Hall–Kier alpha value is -0.620. The Morgan fingerprint density at radius 3 is 2.90 bits per heavy atom. The van der Waals surface area contributed by atoms with Crippen LogP contribution in [-0.4, -0.2) is 48.5 Å². The lowest BCUT2D eigenvalue weighted by Gasteiger charge is -2.35. The number of hydrogen-bond acceptors (Lipinski definition) is 4. The van der Waals surface area contributed by atoms with E-state index in [0.29, 0.717) is 5.75 Å². The summed E-state index contributed by atoms with van der Waals surface area (Å²) in [5.41, 5.74) is 1.11. The molecule has 4 nitrogen and oxygen atoms in total. The summed E-state index contributed by atoms with van der Waals surface area (Å²) in [5, 5.41) is 9.61. The summed E-state index contributed by atoms with van der Waals surface area (Å²) in [5.74, 6) is 0.312. The maximum absolute atomic E-state index is 9.61. The zero-order valence-electron chi connectivity index (χ0n) is 11.4. The highest BCUT2D eigenvalue weighted by Crippen LogP contribution is 2.25.